The second kappa shape index (κ2) is 4.20. The van der Waals surface area contributed by atoms with Gasteiger partial charge in [0.2, 0.25) is 0 Å². The molecule has 2 heterocycles. The molecule has 1 N–H and O–H groups in total. The van der Waals surface area contributed by atoms with Crippen molar-refractivity contribution < 1.29 is 0 Å². The van der Waals surface area contributed by atoms with Gasteiger partial charge in [0, 0.05) is 25.0 Å². The fraction of sp³-hybridized carbons (Fsp3) is 0.385. The Labute approximate surface area is 101 Å². The third-order valence-electron chi connectivity index (χ3n) is 3.31. The molecule has 0 unspecified atom stereocenters. The third-order valence-corrected chi connectivity index (χ3v) is 3.31. The van der Waals surface area contributed by atoms with Crippen LogP contribution in [-0.4, -0.2) is 21.6 Å². The van der Waals surface area contributed by atoms with Gasteiger partial charge < -0.3 is 9.88 Å². The largest absolute Gasteiger partial charge is 0.373 e. The topological polar surface area (TPSA) is 42.7 Å². The van der Waals surface area contributed by atoms with Gasteiger partial charge in [-0.05, 0) is 31.7 Å². The zero-order valence-corrected chi connectivity index (χ0v) is 9.98. The fourth-order valence-electron chi connectivity index (χ4n) is 2.40. The van der Waals surface area contributed by atoms with E-state index >= 15 is 0 Å². The molecule has 1 aliphatic rings. The van der Waals surface area contributed by atoms with Crippen LogP contribution in [0.2, 0.25) is 0 Å². The summed E-state index contributed by atoms with van der Waals surface area (Å²) in [6, 6.07) is 4.08. The molecule has 4 nitrogen and oxygen atoms in total. The minimum atomic E-state index is 0.890. The van der Waals surface area contributed by atoms with Crippen LogP contribution in [0.15, 0.2) is 24.7 Å². The zero-order valence-electron chi connectivity index (χ0n) is 9.98. The van der Waals surface area contributed by atoms with E-state index in [2.05, 4.69) is 25.9 Å². The van der Waals surface area contributed by atoms with Gasteiger partial charge in [-0.1, -0.05) is 0 Å². The molecule has 1 aliphatic carbocycles. The molecule has 0 saturated carbocycles. The minimum Gasteiger partial charge on any atom is -0.373 e. The number of pyridine rings is 1. The number of fused-ring (bicyclic) bond motifs is 1. The molecule has 2 aromatic rings. The second-order valence-corrected chi connectivity index (χ2v) is 4.36. The van der Waals surface area contributed by atoms with Crippen LogP contribution in [0.4, 0.5) is 5.82 Å². The number of hydrogen-bond donors (Lipinski definition) is 1. The van der Waals surface area contributed by atoms with Crippen molar-refractivity contribution in [1.29, 1.82) is 0 Å². The molecule has 17 heavy (non-hydrogen) atoms. The Morgan fingerprint density at radius 2 is 2.12 bits per heavy atom. The van der Waals surface area contributed by atoms with Gasteiger partial charge in [-0.15, -0.1) is 0 Å². The summed E-state index contributed by atoms with van der Waals surface area (Å²) in [6.07, 6.45) is 8.55. The predicted octanol–water partition coefficient (Wildman–Crippen LogP) is 2.19. The Kier molecular flexibility index (Phi) is 2.55. The summed E-state index contributed by atoms with van der Waals surface area (Å²) < 4.78 is 2.19. The summed E-state index contributed by atoms with van der Waals surface area (Å²) >= 11 is 0. The number of anilines is 1. The summed E-state index contributed by atoms with van der Waals surface area (Å²) in [5, 5.41) is 3.06. The van der Waals surface area contributed by atoms with Crippen molar-refractivity contribution in [2.24, 2.45) is 0 Å². The van der Waals surface area contributed by atoms with Gasteiger partial charge in [0.15, 0.2) is 0 Å². The maximum atomic E-state index is 4.51. The first-order valence-electron chi connectivity index (χ1n) is 6.08. The normalized spacial score (nSPS) is 14.4. The summed E-state index contributed by atoms with van der Waals surface area (Å²) in [6.45, 7) is 0. The maximum absolute atomic E-state index is 4.51. The first-order chi connectivity index (χ1) is 8.38. The Morgan fingerprint density at radius 3 is 3.00 bits per heavy atom. The molecular weight excluding hydrogens is 212 g/mol. The lowest BCUT2D eigenvalue weighted by atomic mass is 10.0. The van der Waals surface area contributed by atoms with Gasteiger partial charge in [0.1, 0.15) is 5.82 Å². The highest BCUT2D eigenvalue weighted by Crippen LogP contribution is 2.23. The minimum absolute atomic E-state index is 0.890. The Morgan fingerprint density at radius 1 is 1.24 bits per heavy atom. The highest BCUT2D eigenvalue weighted by molar-refractivity contribution is 5.45. The van der Waals surface area contributed by atoms with Crippen molar-refractivity contribution in [2.75, 3.05) is 12.4 Å². The second-order valence-electron chi connectivity index (χ2n) is 4.36. The van der Waals surface area contributed by atoms with E-state index in [9.17, 15) is 0 Å². The molecule has 3 rings (SSSR count). The smallest absolute Gasteiger partial charge is 0.127 e. The SMILES string of the molecule is CNc1cc(-n2cnc3c2CCCC3)ccn1. The zero-order chi connectivity index (χ0) is 11.7. The van der Waals surface area contributed by atoms with Gasteiger partial charge in [-0.3, -0.25) is 0 Å². The van der Waals surface area contributed by atoms with E-state index < -0.39 is 0 Å². The highest BCUT2D eigenvalue weighted by atomic mass is 15.1. The van der Waals surface area contributed by atoms with Crippen LogP contribution in [0.1, 0.15) is 24.2 Å². The van der Waals surface area contributed by atoms with E-state index in [1.807, 2.05) is 25.6 Å². The first kappa shape index (κ1) is 10.3. The van der Waals surface area contributed by atoms with E-state index in [1.54, 1.807) is 0 Å². The molecular formula is C13H16N4. The number of rotatable bonds is 2. The average Bonchev–Trinajstić information content (AvgIpc) is 2.82. The third kappa shape index (κ3) is 1.79. The Balaban J connectivity index is 2.05. The molecule has 0 fully saturated rings. The number of aryl methyl sites for hydroxylation is 1. The number of aromatic nitrogens is 3. The van der Waals surface area contributed by atoms with Crippen molar-refractivity contribution in [2.45, 2.75) is 25.7 Å². The first-order valence-corrected chi connectivity index (χ1v) is 6.08. The Hall–Kier alpha value is -1.84. The van der Waals surface area contributed by atoms with Crippen LogP contribution in [0.25, 0.3) is 5.69 Å². The predicted molar refractivity (Wildman–Crippen MR) is 67.5 cm³/mol. The molecule has 0 bridgehead atoms. The molecule has 0 spiro atoms. The number of imidazole rings is 1. The van der Waals surface area contributed by atoms with Gasteiger partial charge in [0.05, 0.1) is 17.7 Å². The van der Waals surface area contributed by atoms with Crippen LogP contribution < -0.4 is 5.32 Å². The van der Waals surface area contributed by atoms with E-state index in [1.165, 1.54) is 24.2 Å². The number of nitrogens with one attached hydrogen (secondary N) is 1. The van der Waals surface area contributed by atoms with E-state index in [0.717, 1.165) is 24.3 Å². The molecule has 0 saturated heterocycles. The standard InChI is InChI=1S/C13H16N4/c1-14-13-8-10(6-7-15-13)17-9-16-11-4-2-3-5-12(11)17/h6-9H,2-5H2,1H3,(H,14,15). The number of hydrogen-bond acceptors (Lipinski definition) is 3. The molecule has 0 radical (unpaired) electrons. The summed E-state index contributed by atoms with van der Waals surface area (Å²) in [5.74, 6) is 0.890. The lowest BCUT2D eigenvalue weighted by Gasteiger charge is -2.14. The molecule has 0 amide bonds. The molecule has 0 atom stereocenters. The Bertz CT molecular complexity index is 530. The van der Waals surface area contributed by atoms with E-state index in [0.29, 0.717) is 0 Å². The van der Waals surface area contributed by atoms with Crippen molar-refractivity contribution >= 4 is 5.82 Å². The van der Waals surface area contributed by atoms with Crippen molar-refractivity contribution in [3.63, 3.8) is 0 Å². The van der Waals surface area contributed by atoms with Gasteiger partial charge in [-0.25, -0.2) is 9.97 Å². The van der Waals surface area contributed by atoms with E-state index in [4.69, 9.17) is 0 Å². The summed E-state index contributed by atoms with van der Waals surface area (Å²) in [5.41, 5.74) is 3.77. The average molecular weight is 228 g/mol. The molecule has 0 aliphatic heterocycles. The monoisotopic (exact) mass is 228 g/mol. The van der Waals surface area contributed by atoms with Crippen molar-refractivity contribution in [3.05, 3.63) is 36.0 Å². The lowest BCUT2D eigenvalue weighted by molar-refractivity contribution is 0.656. The maximum Gasteiger partial charge on any atom is 0.127 e. The van der Waals surface area contributed by atoms with Crippen LogP contribution in [0.5, 0.6) is 0 Å². The van der Waals surface area contributed by atoms with Crippen molar-refractivity contribution in [3.8, 4) is 5.69 Å². The fourth-order valence-corrected chi connectivity index (χ4v) is 2.40. The summed E-state index contributed by atoms with van der Waals surface area (Å²) in [7, 11) is 1.88. The molecule has 2 aromatic heterocycles. The van der Waals surface area contributed by atoms with Crippen LogP contribution >= 0.6 is 0 Å². The quantitative estimate of drug-likeness (QED) is 0.856. The van der Waals surface area contributed by atoms with Gasteiger partial charge in [-0.2, -0.15) is 0 Å². The molecule has 88 valence electrons. The summed E-state index contributed by atoms with van der Waals surface area (Å²) in [4.78, 5) is 8.75. The van der Waals surface area contributed by atoms with Gasteiger partial charge in [0.25, 0.3) is 0 Å². The van der Waals surface area contributed by atoms with Crippen molar-refractivity contribution in [1.82, 2.24) is 14.5 Å². The number of nitrogens with zero attached hydrogens (tertiary/aromatic N) is 3. The van der Waals surface area contributed by atoms with Gasteiger partial charge >= 0.3 is 0 Å². The van der Waals surface area contributed by atoms with E-state index in [-0.39, 0.29) is 0 Å². The highest BCUT2D eigenvalue weighted by Gasteiger charge is 2.15. The van der Waals surface area contributed by atoms with Crippen LogP contribution in [0.3, 0.4) is 0 Å². The van der Waals surface area contributed by atoms with Crippen LogP contribution in [-0.2, 0) is 12.8 Å². The lowest BCUT2D eigenvalue weighted by Crippen LogP contribution is -2.07. The van der Waals surface area contributed by atoms with Crippen LogP contribution in [0, 0.1) is 0 Å². The molecule has 4 heteroatoms. The molecule has 0 aromatic carbocycles.